The van der Waals surface area contributed by atoms with Crippen molar-refractivity contribution in [2.45, 2.75) is 0 Å². The molecule has 2 rings (SSSR count). The molecule has 0 heterocycles. The fraction of sp³-hybridized carbons (Fsp3) is 0. The number of aromatic hydroxyl groups is 2. The van der Waals surface area contributed by atoms with Gasteiger partial charge in [-0.05, 0) is 36.4 Å². The van der Waals surface area contributed by atoms with Crippen LogP contribution in [0.1, 0.15) is 15.9 Å². The lowest BCUT2D eigenvalue weighted by Crippen LogP contribution is -2.17. The number of halogens is 2. The summed E-state index contributed by atoms with van der Waals surface area (Å²) in [6, 6.07) is 9.36. The van der Waals surface area contributed by atoms with Crippen LogP contribution < -0.4 is 5.43 Å². The van der Waals surface area contributed by atoms with Gasteiger partial charge in [-0.3, -0.25) is 4.79 Å². The molecule has 108 valence electrons. The van der Waals surface area contributed by atoms with E-state index in [0.717, 1.165) is 4.47 Å². The molecule has 2 aromatic carbocycles. The lowest BCUT2D eigenvalue weighted by Gasteiger charge is -2.04. The van der Waals surface area contributed by atoms with Crippen LogP contribution in [0.4, 0.5) is 0 Å². The van der Waals surface area contributed by atoms with Crippen LogP contribution in [0.15, 0.2) is 50.4 Å². The van der Waals surface area contributed by atoms with E-state index in [9.17, 15) is 15.0 Å². The highest BCUT2D eigenvalue weighted by molar-refractivity contribution is 9.10. The minimum absolute atomic E-state index is 0.0431. The number of amides is 1. The Hall–Kier alpha value is -1.86. The molecule has 0 spiro atoms. The molecule has 5 nitrogen and oxygen atoms in total. The van der Waals surface area contributed by atoms with Gasteiger partial charge in [-0.15, -0.1) is 0 Å². The van der Waals surface area contributed by atoms with Crippen LogP contribution in [-0.2, 0) is 0 Å². The Labute approximate surface area is 137 Å². The molecule has 0 atom stereocenters. The highest BCUT2D eigenvalue weighted by Gasteiger charge is 2.10. The molecule has 2 aromatic rings. The summed E-state index contributed by atoms with van der Waals surface area (Å²) in [4.78, 5) is 11.9. The zero-order chi connectivity index (χ0) is 15.4. The third kappa shape index (κ3) is 4.05. The van der Waals surface area contributed by atoms with Gasteiger partial charge in [0.15, 0.2) is 0 Å². The van der Waals surface area contributed by atoms with Crippen LogP contribution >= 0.6 is 31.9 Å². The Balaban J connectivity index is 2.12. The van der Waals surface area contributed by atoms with Crippen LogP contribution in [0.5, 0.6) is 11.5 Å². The first-order chi connectivity index (χ1) is 9.97. The summed E-state index contributed by atoms with van der Waals surface area (Å²) in [6.07, 6.45) is 1.31. The number of carbonyl (C=O) groups is 1. The highest BCUT2D eigenvalue weighted by Crippen LogP contribution is 2.22. The number of carbonyl (C=O) groups excluding carboxylic acids is 1. The maximum atomic E-state index is 11.9. The van der Waals surface area contributed by atoms with Gasteiger partial charge in [0.05, 0.1) is 11.8 Å². The number of nitrogens with zero attached hydrogens (tertiary/aromatic N) is 1. The maximum Gasteiger partial charge on any atom is 0.275 e. The predicted molar refractivity (Wildman–Crippen MR) is 86.7 cm³/mol. The van der Waals surface area contributed by atoms with Crippen molar-refractivity contribution in [3.8, 4) is 11.5 Å². The zero-order valence-corrected chi connectivity index (χ0v) is 13.7. The van der Waals surface area contributed by atoms with E-state index < -0.39 is 5.91 Å². The van der Waals surface area contributed by atoms with E-state index in [1.807, 2.05) is 0 Å². The van der Waals surface area contributed by atoms with Crippen molar-refractivity contribution in [2.24, 2.45) is 5.10 Å². The van der Waals surface area contributed by atoms with Crippen LogP contribution in [0.2, 0.25) is 0 Å². The topological polar surface area (TPSA) is 81.9 Å². The molecular weight excluding hydrogens is 404 g/mol. The first-order valence-corrected chi connectivity index (χ1v) is 7.36. The maximum absolute atomic E-state index is 11.9. The number of benzene rings is 2. The fourth-order valence-corrected chi connectivity index (χ4v) is 2.28. The standard InChI is InChI=1S/C14H10Br2N2O3/c15-9-1-3-12(19)8(5-9)7-17-18-14(21)11-6-10(16)2-4-13(11)20/h1-7,19-20H,(H,18,21). The van der Waals surface area contributed by atoms with E-state index in [0.29, 0.717) is 10.0 Å². The van der Waals surface area contributed by atoms with Gasteiger partial charge < -0.3 is 10.2 Å². The largest absolute Gasteiger partial charge is 0.507 e. The Morgan fingerprint density at radius 2 is 1.67 bits per heavy atom. The summed E-state index contributed by atoms with van der Waals surface area (Å²) < 4.78 is 1.44. The summed E-state index contributed by atoms with van der Waals surface area (Å²) in [6.45, 7) is 0. The van der Waals surface area contributed by atoms with Crippen LogP contribution in [-0.4, -0.2) is 22.3 Å². The van der Waals surface area contributed by atoms with E-state index in [4.69, 9.17) is 0 Å². The second kappa shape index (κ2) is 6.73. The monoisotopic (exact) mass is 412 g/mol. The molecule has 0 bridgehead atoms. The molecule has 0 saturated heterocycles. The first-order valence-electron chi connectivity index (χ1n) is 5.78. The van der Waals surface area contributed by atoms with E-state index in [-0.39, 0.29) is 17.1 Å². The Kier molecular flexibility index (Phi) is 4.98. The molecule has 3 N–H and O–H groups in total. The van der Waals surface area contributed by atoms with E-state index >= 15 is 0 Å². The van der Waals surface area contributed by atoms with Crippen LogP contribution in [0, 0.1) is 0 Å². The minimum atomic E-state index is -0.556. The molecule has 0 saturated carbocycles. The molecule has 21 heavy (non-hydrogen) atoms. The highest BCUT2D eigenvalue weighted by atomic mass is 79.9. The molecular formula is C14H10Br2N2O3. The quantitative estimate of drug-likeness (QED) is 0.532. The minimum Gasteiger partial charge on any atom is -0.507 e. The second-order valence-corrected chi connectivity index (χ2v) is 5.90. The number of phenols is 2. The van der Waals surface area contributed by atoms with Gasteiger partial charge in [-0.2, -0.15) is 5.10 Å². The van der Waals surface area contributed by atoms with Gasteiger partial charge in [0.1, 0.15) is 11.5 Å². The van der Waals surface area contributed by atoms with Crippen molar-refractivity contribution >= 4 is 44.0 Å². The molecule has 0 unspecified atom stereocenters. The molecule has 0 aliphatic heterocycles. The van der Waals surface area contributed by atoms with Crippen molar-refractivity contribution in [2.75, 3.05) is 0 Å². The molecule has 0 aliphatic carbocycles. The Morgan fingerprint density at radius 3 is 2.38 bits per heavy atom. The van der Waals surface area contributed by atoms with Crippen LogP contribution in [0.3, 0.4) is 0 Å². The zero-order valence-electron chi connectivity index (χ0n) is 10.5. The first kappa shape index (κ1) is 15.5. The van der Waals surface area contributed by atoms with E-state index in [1.165, 1.54) is 24.4 Å². The average molecular weight is 414 g/mol. The molecule has 1 amide bonds. The van der Waals surface area contributed by atoms with Gasteiger partial charge in [-0.25, -0.2) is 5.43 Å². The summed E-state index contributed by atoms with van der Waals surface area (Å²) in [5, 5.41) is 23.0. The predicted octanol–water partition coefficient (Wildman–Crippen LogP) is 3.39. The Morgan fingerprint density at radius 1 is 1.05 bits per heavy atom. The summed E-state index contributed by atoms with van der Waals surface area (Å²) in [5.41, 5.74) is 2.83. The van der Waals surface area contributed by atoms with E-state index in [1.54, 1.807) is 18.2 Å². The van der Waals surface area contributed by atoms with Gasteiger partial charge in [0.2, 0.25) is 0 Å². The van der Waals surface area contributed by atoms with Gasteiger partial charge in [0.25, 0.3) is 5.91 Å². The number of nitrogens with one attached hydrogen (secondary N) is 1. The fourth-order valence-electron chi connectivity index (χ4n) is 1.54. The SMILES string of the molecule is O=C(NN=Cc1cc(Br)ccc1O)c1cc(Br)ccc1O. The smallest absolute Gasteiger partial charge is 0.275 e. The second-order valence-electron chi connectivity index (χ2n) is 4.06. The number of hydrazone groups is 1. The van der Waals surface area contributed by atoms with Crippen molar-refractivity contribution in [3.63, 3.8) is 0 Å². The summed E-state index contributed by atoms with van der Waals surface area (Å²) in [5.74, 6) is -0.655. The average Bonchev–Trinajstić information content (AvgIpc) is 2.45. The summed E-state index contributed by atoms with van der Waals surface area (Å²) >= 11 is 6.49. The number of rotatable bonds is 3. The number of hydrogen-bond acceptors (Lipinski definition) is 4. The summed E-state index contributed by atoms with van der Waals surface area (Å²) in [7, 11) is 0. The molecule has 0 aromatic heterocycles. The van der Waals surface area contributed by atoms with Gasteiger partial charge >= 0.3 is 0 Å². The van der Waals surface area contributed by atoms with E-state index in [2.05, 4.69) is 42.4 Å². The third-order valence-electron chi connectivity index (χ3n) is 2.56. The van der Waals surface area contributed by atoms with Gasteiger partial charge in [0, 0.05) is 14.5 Å². The molecule has 0 fully saturated rings. The lowest BCUT2D eigenvalue weighted by molar-refractivity contribution is 0.0952. The van der Waals surface area contributed by atoms with Crippen molar-refractivity contribution in [3.05, 3.63) is 56.5 Å². The van der Waals surface area contributed by atoms with Crippen LogP contribution in [0.25, 0.3) is 0 Å². The molecule has 0 aliphatic rings. The molecule has 0 radical (unpaired) electrons. The molecule has 7 heteroatoms. The van der Waals surface area contributed by atoms with Crippen molar-refractivity contribution in [1.29, 1.82) is 0 Å². The van der Waals surface area contributed by atoms with Gasteiger partial charge in [-0.1, -0.05) is 31.9 Å². The number of hydrogen-bond donors (Lipinski definition) is 3. The Bertz CT molecular complexity index is 717. The third-order valence-corrected chi connectivity index (χ3v) is 3.55. The normalized spacial score (nSPS) is 10.8. The van der Waals surface area contributed by atoms with Crippen molar-refractivity contribution < 1.29 is 15.0 Å². The number of phenolic OH excluding ortho intramolecular Hbond substituents is 2. The lowest BCUT2D eigenvalue weighted by atomic mass is 10.2. The van der Waals surface area contributed by atoms with Crippen molar-refractivity contribution in [1.82, 2.24) is 5.43 Å².